The van der Waals surface area contributed by atoms with E-state index in [1.165, 1.54) is 0 Å². The van der Waals surface area contributed by atoms with Crippen molar-refractivity contribution in [2.24, 2.45) is 0 Å². The van der Waals surface area contributed by atoms with E-state index in [2.05, 4.69) is 0 Å². The van der Waals surface area contributed by atoms with Gasteiger partial charge in [0.15, 0.2) is 0 Å². The summed E-state index contributed by atoms with van der Waals surface area (Å²) in [6.45, 7) is -2.02. The van der Waals surface area contributed by atoms with Crippen molar-refractivity contribution in [3.8, 4) is 5.75 Å². The summed E-state index contributed by atoms with van der Waals surface area (Å²) in [6, 6.07) is 10.8. The first-order valence-corrected chi connectivity index (χ1v) is 6.80. The number of amides is 1. The van der Waals surface area contributed by atoms with E-state index in [1.54, 1.807) is 30.3 Å². The third kappa shape index (κ3) is 4.87. The maximum atomic E-state index is 13.8. The van der Waals surface area contributed by atoms with E-state index in [-0.39, 0.29) is 11.5 Å². The van der Waals surface area contributed by atoms with Gasteiger partial charge in [0.25, 0.3) is 0 Å². The van der Waals surface area contributed by atoms with Crippen LogP contribution in [0.15, 0.2) is 48.5 Å². The Hall–Kier alpha value is -2.77. The Balaban J connectivity index is 2.22. The Bertz CT molecular complexity index is 704. The number of carbonyl (C=O) groups is 1. The Morgan fingerprint density at radius 2 is 1.79 bits per heavy atom. The van der Waals surface area contributed by atoms with Crippen molar-refractivity contribution in [1.29, 1.82) is 0 Å². The summed E-state index contributed by atoms with van der Waals surface area (Å²) in [6.07, 6.45) is -6.15. The van der Waals surface area contributed by atoms with Gasteiger partial charge in [0, 0.05) is 6.07 Å². The quantitative estimate of drug-likeness (QED) is 0.845. The van der Waals surface area contributed by atoms with Crippen LogP contribution in [0.3, 0.4) is 0 Å². The number of aromatic hydroxyl groups is 1. The van der Waals surface area contributed by atoms with Crippen LogP contribution in [0, 0.1) is 5.82 Å². The van der Waals surface area contributed by atoms with Gasteiger partial charge in [0.1, 0.15) is 24.7 Å². The molecule has 2 aromatic rings. The molecule has 0 saturated carbocycles. The molecule has 0 spiro atoms. The lowest BCUT2D eigenvalue weighted by atomic mass is 10.2. The van der Waals surface area contributed by atoms with E-state index in [0.717, 1.165) is 18.2 Å². The highest BCUT2D eigenvalue weighted by Gasteiger charge is 2.36. The summed E-state index contributed by atoms with van der Waals surface area (Å²) >= 11 is 0. The molecule has 0 aliphatic rings. The second-order valence-electron chi connectivity index (χ2n) is 4.88. The summed E-state index contributed by atoms with van der Waals surface area (Å²) in [5.74, 6) is -1.57. The van der Waals surface area contributed by atoms with Crippen molar-refractivity contribution in [3.05, 3.63) is 59.9 Å². The number of carbonyl (C=O) groups excluding carboxylic acids is 1. The topological polar surface area (TPSA) is 49.8 Å². The molecule has 0 heterocycles. The molecular formula is C16H13F4NO3. The van der Waals surface area contributed by atoms with E-state index < -0.39 is 36.1 Å². The number of halogens is 4. The van der Waals surface area contributed by atoms with E-state index >= 15 is 0 Å². The number of ether oxygens (including phenoxy) is 1. The molecule has 0 aliphatic carbocycles. The highest BCUT2D eigenvalue weighted by molar-refractivity contribution is 5.88. The van der Waals surface area contributed by atoms with E-state index in [4.69, 9.17) is 4.74 Å². The van der Waals surface area contributed by atoms with Crippen LogP contribution < -0.4 is 4.90 Å². The molecule has 0 saturated heterocycles. The van der Waals surface area contributed by atoms with Crippen molar-refractivity contribution in [1.82, 2.24) is 0 Å². The fourth-order valence-electron chi connectivity index (χ4n) is 1.93. The SMILES string of the molecule is O=C(OCc1ccccc1)N(CC(F)(F)F)c1cc(O)ccc1F. The molecule has 0 bridgehead atoms. The molecule has 0 aliphatic heterocycles. The zero-order chi connectivity index (χ0) is 17.7. The lowest BCUT2D eigenvalue weighted by Crippen LogP contribution is -2.40. The van der Waals surface area contributed by atoms with Crippen molar-refractivity contribution < 1.29 is 32.2 Å². The first-order chi connectivity index (χ1) is 11.3. The normalized spacial score (nSPS) is 11.2. The summed E-state index contributed by atoms with van der Waals surface area (Å²) < 4.78 is 56.8. The van der Waals surface area contributed by atoms with Gasteiger partial charge in [-0.25, -0.2) is 9.18 Å². The molecule has 0 unspecified atom stereocenters. The predicted octanol–water partition coefficient (Wildman–Crippen LogP) is 4.24. The van der Waals surface area contributed by atoms with Crippen LogP contribution in [0.25, 0.3) is 0 Å². The van der Waals surface area contributed by atoms with Gasteiger partial charge in [-0.3, -0.25) is 4.90 Å². The van der Waals surface area contributed by atoms with Gasteiger partial charge in [0.05, 0.1) is 5.69 Å². The Morgan fingerprint density at radius 1 is 1.12 bits per heavy atom. The average molecular weight is 343 g/mol. The highest BCUT2D eigenvalue weighted by Crippen LogP contribution is 2.28. The van der Waals surface area contributed by atoms with Gasteiger partial charge in [-0.15, -0.1) is 0 Å². The van der Waals surface area contributed by atoms with Gasteiger partial charge in [-0.1, -0.05) is 30.3 Å². The van der Waals surface area contributed by atoms with Crippen LogP contribution in [0.5, 0.6) is 5.75 Å². The summed E-state index contributed by atoms with van der Waals surface area (Å²) in [7, 11) is 0. The van der Waals surface area contributed by atoms with Crippen molar-refractivity contribution in [3.63, 3.8) is 0 Å². The molecule has 2 aromatic carbocycles. The monoisotopic (exact) mass is 343 g/mol. The standard InChI is InChI=1S/C16H13F4NO3/c17-13-7-6-12(22)8-14(13)21(10-16(18,19)20)15(23)24-9-11-4-2-1-3-5-11/h1-8,22H,9-10H2. The second kappa shape index (κ2) is 7.20. The van der Waals surface area contributed by atoms with Crippen LogP contribution in [-0.2, 0) is 11.3 Å². The Morgan fingerprint density at radius 3 is 2.42 bits per heavy atom. The zero-order valence-electron chi connectivity index (χ0n) is 12.3. The van der Waals surface area contributed by atoms with Gasteiger partial charge in [-0.2, -0.15) is 13.2 Å². The minimum atomic E-state index is -4.77. The third-order valence-electron chi connectivity index (χ3n) is 2.98. The van der Waals surface area contributed by atoms with Crippen LogP contribution in [0.2, 0.25) is 0 Å². The molecule has 0 fully saturated rings. The first-order valence-electron chi connectivity index (χ1n) is 6.80. The van der Waals surface area contributed by atoms with Crippen LogP contribution in [-0.4, -0.2) is 23.9 Å². The Labute approximate surface area is 134 Å². The Kier molecular flexibility index (Phi) is 5.28. The predicted molar refractivity (Wildman–Crippen MR) is 78.1 cm³/mol. The van der Waals surface area contributed by atoms with Gasteiger partial charge in [-0.05, 0) is 17.7 Å². The lowest BCUT2D eigenvalue weighted by Gasteiger charge is -2.24. The number of phenolic OH excluding ortho intramolecular Hbond substituents is 1. The molecule has 0 radical (unpaired) electrons. The number of anilines is 1. The molecule has 1 N–H and O–H groups in total. The fourth-order valence-corrected chi connectivity index (χ4v) is 1.93. The van der Waals surface area contributed by atoms with Crippen LogP contribution in [0.4, 0.5) is 28.0 Å². The molecular weight excluding hydrogens is 330 g/mol. The number of hydrogen-bond acceptors (Lipinski definition) is 3. The number of alkyl halides is 3. The summed E-state index contributed by atoms with van der Waals surface area (Å²) in [5.41, 5.74) is -0.153. The van der Waals surface area contributed by atoms with E-state index in [9.17, 15) is 27.5 Å². The third-order valence-corrected chi connectivity index (χ3v) is 2.98. The molecule has 4 nitrogen and oxygen atoms in total. The van der Waals surface area contributed by atoms with Crippen molar-refractivity contribution in [2.45, 2.75) is 12.8 Å². The molecule has 24 heavy (non-hydrogen) atoms. The second-order valence-corrected chi connectivity index (χ2v) is 4.88. The molecule has 0 aromatic heterocycles. The average Bonchev–Trinajstić information content (AvgIpc) is 2.53. The fraction of sp³-hybridized carbons (Fsp3) is 0.188. The van der Waals surface area contributed by atoms with E-state index in [0.29, 0.717) is 5.56 Å². The molecule has 1 amide bonds. The van der Waals surface area contributed by atoms with Crippen molar-refractivity contribution in [2.75, 3.05) is 11.4 Å². The van der Waals surface area contributed by atoms with Crippen LogP contribution >= 0.6 is 0 Å². The maximum Gasteiger partial charge on any atom is 0.415 e. The first kappa shape index (κ1) is 17.6. The molecule has 128 valence electrons. The molecule has 0 atom stereocenters. The minimum absolute atomic E-state index is 0.0952. The molecule has 8 heteroatoms. The highest BCUT2D eigenvalue weighted by atomic mass is 19.4. The number of rotatable bonds is 4. The number of phenols is 1. The van der Waals surface area contributed by atoms with E-state index in [1.807, 2.05) is 0 Å². The summed E-state index contributed by atoms with van der Waals surface area (Å²) in [4.78, 5) is 12.1. The largest absolute Gasteiger partial charge is 0.508 e. The summed E-state index contributed by atoms with van der Waals surface area (Å²) in [5, 5.41) is 9.35. The zero-order valence-corrected chi connectivity index (χ0v) is 12.3. The number of nitrogens with zero attached hydrogens (tertiary/aromatic N) is 1. The number of benzene rings is 2. The van der Waals surface area contributed by atoms with Crippen LogP contribution in [0.1, 0.15) is 5.56 Å². The van der Waals surface area contributed by atoms with Gasteiger partial charge < -0.3 is 9.84 Å². The van der Waals surface area contributed by atoms with Gasteiger partial charge in [0.2, 0.25) is 0 Å². The minimum Gasteiger partial charge on any atom is -0.508 e. The van der Waals surface area contributed by atoms with Gasteiger partial charge >= 0.3 is 12.3 Å². The van der Waals surface area contributed by atoms with Crippen molar-refractivity contribution >= 4 is 11.8 Å². The maximum absolute atomic E-state index is 13.8. The smallest absolute Gasteiger partial charge is 0.415 e. The lowest BCUT2D eigenvalue weighted by molar-refractivity contribution is -0.119. The molecule has 2 rings (SSSR count). The number of hydrogen-bond donors (Lipinski definition) is 1.